The highest BCUT2D eigenvalue weighted by Crippen LogP contribution is 2.35. The van der Waals surface area contributed by atoms with E-state index in [4.69, 9.17) is 18.9 Å². The summed E-state index contributed by atoms with van der Waals surface area (Å²) in [6.45, 7) is 5.41. The minimum Gasteiger partial charge on any atom is -0.493 e. The van der Waals surface area contributed by atoms with E-state index in [0.29, 0.717) is 43.4 Å². The number of ether oxygens (including phenoxy) is 4. The SMILES string of the molecule is COc1ccc(CCNC(=O)C(C)(C)c2ccc3c(c2)OCCO3)cc1OC. The second-order valence-electron chi connectivity index (χ2n) is 7.18. The van der Waals surface area contributed by atoms with Crippen LogP contribution in [0.5, 0.6) is 23.0 Å². The third-order valence-electron chi connectivity index (χ3n) is 4.98. The number of fused-ring (bicyclic) bond motifs is 1. The van der Waals surface area contributed by atoms with Crippen molar-refractivity contribution in [1.82, 2.24) is 5.32 Å². The molecule has 0 bridgehead atoms. The van der Waals surface area contributed by atoms with Crippen molar-refractivity contribution in [2.24, 2.45) is 0 Å². The number of carbonyl (C=O) groups is 1. The maximum Gasteiger partial charge on any atom is 0.230 e. The predicted molar refractivity (Wildman–Crippen MR) is 107 cm³/mol. The van der Waals surface area contributed by atoms with Gasteiger partial charge >= 0.3 is 0 Å². The van der Waals surface area contributed by atoms with E-state index in [9.17, 15) is 4.79 Å². The van der Waals surface area contributed by atoms with Gasteiger partial charge in [0.2, 0.25) is 5.91 Å². The largest absolute Gasteiger partial charge is 0.493 e. The lowest BCUT2D eigenvalue weighted by Gasteiger charge is -2.26. The van der Waals surface area contributed by atoms with Crippen LogP contribution in [0.1, 0.15) is 25.0 Å². The number of hydrogen-bond acceptors (Lipinski definition) is 5. The van der Waals surface area contributed by atoms with E-state index in [1.165, 1.54) is 0 Å². The topological polar surface area (TPSA) is 66.0 Å². The normalized spacial score (nSPS) is 13.0. The van der Waals surface area contributed by atoms with Crippen molar-refractivity contribution >= 4 is 5.91 Å². The Balaban J connectivity index is 1.62. The molecule has 1 amide bonds. The predicted octanol–water partition coefficient (Wildman–Crippen LogP) is 3.11. The summed E-state index contributed by atoms with van der Waals surface area (Å²) in [5.41, 5.74) is 1.27. The smallest absolute Gasteiger partial charge is 0.230 e. The molecule has 1 aliphatic heterocycles. The van der Waals surface area contributed by atoms with Crippen LogP contribution in [0, 0.1) is 0 Å². The van der Waals surface area contributed by atoms with Crippen LogP contribution >= 0.6 is 0 Å². The lowest BCUT2D eigenvalue weighted by Crippen LogP contribution is -2.41. The molecule has 0 fully saturated rings. The molecule has 28 heavy (non-hydrogen) atoms. The van der Waals surface area contributed by atoms with E-state index in [1.807, 2.05) is 50.2 Å². The molecule has 1 aliphatic rings. The highest BCUT2D eigenvalue weighted by Gasteiger charge is 2.31. The Morgan fingerprint density at radius 2 is 1.71 bits per heavy atom. The molecule has 0 radical (unpaired) electrons. The Kier molecular flexibility index (Phi) is 5.97. The van der Waals surface area contributed by atoms with Gasteiger partial charge in [-0.1, -0.05) is 12.1 Å². The van der Waals surface area contributed by atoms with Gasteiger partial charge in [0.15, 0.2) is 23.0 Å². The molecule has 0 spiro atoms. The van der Waals surface area contributed by atoms with Gasteiger partial charge < -0.3 is 24.3 Å². The van der Waals surface area contributed by atoms with Crippen molar-refractivity contribution in [2.45, 2.75) is 25.7 Å². The third-order valence-corrected chi connectivity index (χ3v) is 4.98. The van der Waals surface area contributed by atoms with Crippen LogP contribution < -0.4 is 24.3 Å². The van der Waals surface area contributed by atoms with Gasteiger partial charge in [0.1, 0.15) is 13.2 Å². The molecule has 0 saturated carbocycles. The van der Waals surface area contributed by atoms with Crippen molar-refractivity contribution < 1.29 is 23.7 Å². The van der Waals surface area contributed by atoms with E-state index >= 15 is 0 Å². The fourth-order valence-electron chi connectivity index (χ4n) is 3.14. The van der Waals surface area contributed by atoms with Crippen LogP contribution in [0.15, 0.2) is 36.4 Å². The fraction of sp³-hybridized carbons (Fsp3) is 0.409. The zero-order valence-corrected chi connectivity index (χ0v) is 16.8. The molecule has 1 heterocycles. The monoisotopic (exact) mass is 385 g/mol. The number of benzene rings is 2. The second-order valence-corrected chi connectivity index (χ2v) is 7.18. The Hall–Kier alpha value is -2.89. The van der Waals surface area contributed by atoms with E-state index in [-0.39, 0.29) is 5.91 Å². The summed E-state index contributed by atoms with van der Waals surface area (Å²) in [7, 11) is 3.22. The summed E-state index contributed by atoms with van der Waals surface area (Å²) in [6, 6.07) is 11.4. The Morgan fingerprint density at radius 3 is 2.43 bits per heavy atom. The maximum atomic E-state index is 12.8. The fourth-order valence-corrected chi connectivity index (χ4v) is 3.14. The molecule has 2 aromatic rings. The van der Waals surface area contributed by atoms with Gasteiger partial charge in [-0.2, -0.15) is 0 Å². The second kappa shape index (κ2) is 8.42. The van der Waals surface area contributed by atoms with Gasteiger partial charge in [0.25, 0.3) is 0 Å². The Labute approximate surface area is 165 Å². The van der Waals surface area contributed by atoms with Crippen molar-refractivity contribution in [3.8, 4) is 23.0 Å². The number of methoxy groups -OCH3 is 2. The first-order valence-electron chi connectivity index (χ1n) is 9.35. The molecule has 0 atom stereocenters. The lowest BCUT2D eigenvalue weighted by molar-refractivity contribution is -0.125. The minimum absolute atomic E-state index is 0.0374. The molecule has 3 rings (SSSR count). The molecule has 0 aliphatic carbocycles. The zero-order chi connectivity index (χ0) is 20.1. The summed E-state index contributed by atoms with van der Waals surface area (Å²) in [6.07, 6.45) is 0.698. The Bertz CT molecular complexity index is 847. The number of nitrogens with one attached hydrogen (secondary N) is 1. The van der Waals surface area contributed by atoms with Gasteiger partial charge in [0.05, 0.1) is 19.6 Å². The van der Waals surface area contributed by atoms with Crippen molar-refractivity contribution in [3.05, 3.63) is 47.5 Å². The number of hydrogen-bond donors (Lipinski definition) is 1. The van der Waals surface area contributed by atoms with Gasteiger partial charge in [-0.15, -0.1) is 0 Å². The molecule has 0 saturated heterocycles. The number of rotatable bonds is 7. The molecule has 0 aromatic heterocycles. The van der Waals surface area contributed by atoms with Crippen LogP contribution in [-0.4, -0.2) is 39.9 Å². The summed E-state index contributed by atoms with van der Waals surface area (Å²) >= 11 is 0. The third kappa shape index (κ3) is 4.16. The van der Waals surface area contributed by atoms with Gasteiger partial charge in [-0.25, -0.2) is 0 Å². The average Bonchev–Trinajstić information content (AvgIpc) is 2.73. The number of carbonyl (C=O) groups excluding carboxylic acids is 1. The van der Waals surface area contributed by atoms with Crippen LogP contribution in [0.3, 0.4) is 0 Å². The molecule has 1 N–H and O–H groups in total. The average molecular weight is 385 g/mol. The van der Waals surface area contributed by atoms with Crippen LogP contribution in [0.25, 0.3) is 0 Å². The maximum absolute atomic E-state index is 12.8. The summed E-state index contributed by atoms with van der Waals surface area (Å²) < 4.78 is 21.8. The van der Waals surface area contributed by atoms with Crippen molar-refractivity contribution in [1.29, 1.82) is 0 Å². The standard InChI is InChI=1S/C22H27NO5/c1-22(2,16-6-8-18-20(14-16)28-12-11-27-18)21(24)23-10-9-15-5-7-17(25-3)19(13-15)26-4/h5-8,13-14H,9-12H2,1-4H3,(H,23,24). The van der Waals surface area contributed by atoms with Crippen LogP contribution in [0.2, 0.25) is 0 Å². The molecule has 150 valence electrons. The summed E-state index contributed by atoms with van der Waals surface area (Å²) in [5.74, 6) is 2.75. The number of amides is 1. The van der Waals surface area contributed by atoms with Gasteiger partial charge in [0, 0.05) is 6.54 Å². The van der Waals surface area contributed by atoms with E-state index in [2.05, 4.69) is 5.32 Å². The van der Waals surface area contributed by atoms with Gasteiger partial charge in [-0.05, 0) is 55.7 Å². The van der Waals surface area contributed by atoms with E-state index < -0.39 is 5.41 Å². The van der Waals surface area contributed by atoms with E-state index in [0.717, 1.165) is 16.9 Å². The first-order valence-corrected chi connectivity index (χ1v) is 9.35. The van der Waals surface area contributed by atoms with Crippen molar-refractivity contribution in [3.63, 3.8) is 0 Å². The van der Waals surface area contributed by atoms with Crippen LogP contribution in [0.4, 0.5) is 0 Å². The molecule has 6 nitrogen and oxygen atoms in total. The molecular weight excluding hydrogens is 358 g/mol. The Morgan fingerprint density at radius 1 is 1.00 bits per heavy atom. The van der Waals surface area contributed by atoms with Crippen LogP contribution in [-0.2, 0) is 16.6 Å². The summed E-state index contributed by atoms with van der Waals surface area (Å²) in [4.78, 5) is 12.8. The molecule has 6 heteroatoms. The van der Waals surface area contributed by atoms with E-state index in [1.54, 1.807) is 14.2 Å². The van der Waals surface area contributed by atoms with Crippen molar-refractivity contribution in [2.75, 3.05) is 34.0 Å². The summed E-state index contributed by atoms with van der Waals surface area (Å²) in [5, 5.41) is 3.03. The molecule has 0 unspecified atom stereocenters. The van der Waals surface area contributed by atoms with Gasteiger partial charge in [-0.3, -0.25) is 4.79 Å². The lowest BCUT2D eigenvalue weighted by atomic mass is 9.83. The zero-order valence-electron chi connectivity index (χ0n) is 16.8. The first kappa shape index (κ1) is 19.9. The molecule has 2 aromatic carbocycles. The highest BCUT2D eigenvalue weighted by atomic mass is 16.6. The highest BCUT2D eigenvalue weighted by molar-refractivity contribution is 5.87. The molecular formula is C22H27NO5. The quantitative estimate of drug-likeness (QED) is 0.793. The minimum atomic E-state index is -0.687. The first-order chi connectivity index (χ1) is 13.5.